The first-order valence-corrected chi connectivity index (χ1v) is 12.8. The highest BCUT2D eigenvalue weighted by atomic mass is 35.5. The van der Waals surface area contributed by atoms with Crippen LogP contribution in [0.5, 0.6) is 5.75 Å². The molecule has 204 valence electrons. The van der Waals surface area contributed by atoms with Crippen molar-refractivity contribution in [2.75, 3.05) is 0 Å². The Morgan fingerprint density at radius 2 is 1.69 bits per heavy atom. The first kappa shape index (κ1) is 28.5. The van der Waals surface area contributed by atoms with E-state index in [0.717, 1.165) is 34.4 Å². The molecule has 0 unspecified atom stereocenters. The Morgan fingerprint density at radius 1 is 1.03 bits per heavy atom. The third-order valence-electron chi connectivity index (χ3n) is 6.31. The summed E-state index contributed by atoms with van der Waals surface area (Å²) in [7, 11) is 0. The van der Waals surface area contributed by atoms with Crippen LogP contribution in [0.1, 0.15) is 33.6 Å². The zero-order valence-electron chi connectivity index (χ0n) is 20.6. The number of rotatable bonds is 8. The summed E-state index contributed by atoms with van der Waals surface area (Å²) in [6.07, 6.45) is -4.53. The van der Waals surface area contributed by atoms with Gasteiger partial charge in [0.25, 0.3) is 0 Å². The fourth-order valence-electron chi connectivity index (χ4n) is 4.27. The maximum atomic E-state index is 14.6. The van der Waals surface area contributed by atoms with E-state index in [1.54, 1.807) is 19.1 Å². The molecule has 0 atom stereocenters. The van der Waals surface area contributed by atoms with Gasteiger partial charge in [-0.25, -0.2) is 8.78 Å². The molecular weight excluding hydrogens is 561 g/mol. The van der Waals surface area contributed by atoms with Gasteiger partial charge in [-0.2, -0.15) is 17.5 Å². The van der Waals surface area contributed by atoms with Crippen LogP contribution in [0.25, 0.3) is 22.4 Å². The number of aryl methyl sites for hydroxylation is 1. The fourth-order valence-corrected chi connectivity index (χ4v) is 5.21. The lowest BCUT2D eigenvalue weighted by molar-refractivity contribution is -0.137. The summed E-state index contributed by atoms with van der Waals surface area (Å²) >= 11 is 5.76. The van der Waals surface area contributed by atoms with Gasteiger partial charge in [-0.1, -0.05) is 41.9 Å². The fraction of sp³-hybridized carbons (Fsp3) is 0.214. The lowest BCUT2D eigenvalue weighted by atomic mass is 9.91. The van der Waals surface area contributed by atoms with Gasteiger partial charge in [0.15, 0.2) is 0 Å². The SMILES string of the molecule is Cc1c(OCc2c(-c3c(F)cc(Cl)cc3F)nsc2C(F)(F)F)ccc(-c2ccccc2CCC(=O)O)c1C. The minimum atomic E-state index is -4.82. The van der Waals surface area contributed by atoms with Gasteiger partial charge in [-0.05, 0) is 77.8 Å². The molecule has 0 saturated carbocycles. The average molecular weight is 582 g/mol. The largest absolute Gasteiger partial charge is 0.488 e. The smallest absolute Gasteiger partial charge is 0.427 e. The second kappa shape index (κ2) is 11.3. The van der Waals surface area contributed by atoms with Gasteiger partial charge in [-0.3, -0.25) is 4.79 Å². The second-order valence-corrected chi connectivity index (χ2v) is 9.99. The Labute approximate surface area is 229 Å². The number of hydrogen-bond acceptors (Lipinski definition) is 4. The van der Waals surface area contributed by atoms with Crippen LogP contribution in [0, 0.1) is 25.5 Å². The minimum Gasteiger partial charge on any atom is -0.488 e. The maximum Gasteiger partial charge on any atom is 0.427 e. The number of aliphatic carboxylic acids is 1. The van der Waals surface area contributed by atoms with Crippen molar-refractivity contribution < 1.29 is 36.6 Å². The third-order valence-corrected chi connectivity index (χ3v) is 7.47. The molecule has 0 aliphatic carbocycles. The maximum absolute atomic E-state index is 14.6. The molecule has 4 aromatic rings. The normalized spacial score (nSPS) is 11.6. The minimum absolute atomic E-state index is 0.0381. The van der Waals surface area contributed by atoms with E-state index in [9.17, 15) is 26.7 Å². The summed E-state index contributed by atoms with van der Waals surface area (Å²) in [6.45, 7) is 2.92. The summed E-state index contributed by atoms with van der Waals surface area (Å²) in [5.41, 5.74) is 2.21. The molecule has 0 amide bonds. The Hall–Kier alpha value is -3.50. The van der Waals surface area contributed by atoms with E-state index < -0.39 is 52.1 Å². The number of carbonyl (C=O) groups is 1. The summed E-state index contributed by atoms with van der Waals surface area (Å²) in [5, 5.41) is 8.83. The summed E-state index contributed by atoms with van der Waals surface area (Å²) in [4.78, 5) is 9.95. The Morgan fingerprint density at radius 3 is 2.33 bits per heavy atom. The molecule has 39 heavy (non-hydrogen) atoms. The first-order chi connectivity index (χ1) is 18.4. The predicted molar refractivity (Wildman–Crippen MR) is 139 cm³/mol. The molecule has 0 radical (unpaired) electrons. The summed E-state index contributed by atoms with van der Waals surface area (Å²) in [5.74, 6) is -2.92. The van der Waals surface area contributed by atoms with Gasteiger partial charge < -0.3 is 9.84 Å². The van der Waals surface area contributed by atoms with Crippen molar-refractivity contribution in [3.63, 3.8) is 0 Å². The van der Waals surface area contributed by atoms with Crippen LogP contribution < -0.4 is 4.74 Å². The van der Waals surface area contributed by atoms with Crippen LogP contribution in [0.15, 0.2) is 48.5 Å². The molecule has 0 fully saturated rings. The second-order valence-electron chi connectivity index (χ2n) is 8.78. The summed E-state index contributed by atoms with van der Waals surface area (Å²) in [6, 6.07) is 12.3. The van der Waals surface area contributed by atoms with Crippen molar-refractivity contribution in [1.82, 2.24) is 4.37 Å². The summed E-state index contributed by atoms with van der Waals surface area (Å²) < 4.78 is 80.0. The number of carboxylic acids is 1. The molecule has 0 aliphatic heterocycles. The van der Waals surface area contributed by atoms with Gasteiger partial charge in [0, 0.05) is 17.0 Å². The van der Waals surface area contributed by atoms with Crippen molar-refractivity contribution >= 4 is 29.1 Å². The van der Waals surface area contributed by atoms with E-state index in [1.165, 1.54) is 0 Å². The van der Waals surface area contributed by atoms with Crippen LogP contribution in [0.4, 0.5) is 22.0 Å². The standard InChI is InChI=1S/C28H21ClF5NO3S/c1-14-15(2)23(9-8-18(14)19-6-4-3-5-16(19)7-10-24(36)37)38-13-20-26(35-39-27(20)28(32,33)34)25-21(30)11-17(29)12-22(25)31/h3-6,8-9,11-12H,7,10,13H2,1-2H3,(H,36,37). The lowest BCUT2D eigenvalue weighted by Crippen LogP contribution is -2.09. The van der Waals surface area contributed by atoms with E-state index in [4.69, 9.17) is 21.4 Å². The molecule has 3 aromatic carbocycles. The van der Waals surface area contributed by atoms with E-state index in [1.807, 2.05) is 31.2 Å². The third kappa shape index (κ3) is 6.07. The van der Waals surface area contributed by atoms with Gasteiger partial charge >= 0.3 is 12.1 Å². The molecule has 1 heterocycles. The van der Waals surface area contributed by atoms with Gasteiger partial charge in [-0.15, -0.1) is 0 Å². The van der Waals surface area contributed by atoms with Gasteiger partial charge in [0.05, 0.1) is 11.3 Å². The quantitative estimate of drug-likeness (QED) is 0.212. The Kier molecular flexibility index (Phi) is 8.27. The number of halogens is 6. The monoisotopic (exact) mass is 581 g/mol. The van der Waals surface area contributed by atoms with Crippen molar-refractivity contribution in [3.8, 4) is 28.1 Å². The van der Waals surface area contributed by atoms with E-state index in [2.05, 4.69) is 4.37 Å². The van der Waals surface area contributed by atoms with Crippen molar-refractivity contribution in [2.24, 2.45) is 0 Å². The highest BCUT2D eigenvalue weighted by Crippen LogP contribution is 2.42. The zero-order valence-corrected chi connectivity index (χ0v) is 22.2. The lowest BCUT2D eigenvalue weighted by Gasteiger charge is -2.17. The molecule has 0 bridgehead atoms. The number of hydrogen-bond donors (Lipinski definition) is 1. The van der Waals surface area contributed by atoms with E-state index in [0.29, 0.717) is 12.0 Å². The molecule has 4 rings (SSSR count). The zero-order chi connectivity index (χ0) is 28.5. The van der Waals surface area contributed by atoms with Gasteiger partial charge in [0.1, 0.15) is 28.9 Å². The van der Waals surface area contributed by atoms with Crippen molar-refractivity contribution in [1.29, 1.82) is 0 Å². The molecule has 0 saturated heterocycles. The van der Waals surface area contributed by atoms with E-state index in [-0.39, 0.29) is 28.7 Å². The highest BCUT2D eigenvalue weighted by Gasteiger charge is 2.39. The molecule has 4 nitrogen and oxygen atoms in total. The van der Waals surface area contributed by atoms with Crippen LogP contribution in [-0.2, 0) is 24.0 Å². The van der Waals surface area contributed by atoms with E-state index >= 15 is 0 Å². The first-order valence-electron chi connectivity index (χ1n) is 11.6. The molecule has 1 aromatic heterocycles. The number of alkyl halides is 3. The number of benzene rings is 3. The van der Waals surface area contributed by atoms with Gasteiger partial charge in [0.2, 0.25) is 0 Å². The number of nitrogens with zero attached hydrogens (tertiary/aromatic N) is 1. The van der Waals surface area contributed by atoms with Crippen LogP contribution in [0.3, 0.4) is 0 Å². The molecule has 0 aliphatic rings. The predicted octanol–water partition coefficient (Wildman–Crippen LogP) is 8.64. The number of aromatic nitrogens is 1. The van der Waals surface area contributed by atoms with Crippen LogP contribution >= 0.6 is 23.1 Å². The molecule has 1 N–H and O–H groups in total. The number of ether oxygens (including phenoxy) is 1. The van der Waals surface area contributed by atoms with Crippen LogP contribution in [0.2, 0.25) is 5.02 Å². The highest BCUT2D eigenvalue weighted by molar-refractivity contribution is 7.06. The number of carboxylic acid groups (broad SMARTS) is 1. The van der Waals surface area contributed by atoms with Crippen molar-refractivity contribution in [3.05, 3.63) is 92.3 Å². The topological polar surface area (TPSA) is 59.4 Å². The van der Waals surface area contributed by atoms with Crippen LogP contribution in [-0.4, -0.2) is 15.4 Å². The Bertz CT molecular complexity index is 1530. The molecular formula is C28H21ClF5NO3S. The Balaban J connectivity index is 1.70. The molecule has 0 spiro atoms. The average Bonchev–Trinajstić information content (AvgIpc) is 3.27. The van der Waals surface area contributed by atoms with Crippen molar-refractivity contribution in [2.45, 2.75) is 39.5 Å². The molecule has 11 heteroatoms.